The van der Waals surface area contributed by atoms with Gasteiger partial charge in [-0.15, -0.1) is 0 Å². The third kappa shape index (κ3) is 5.88. The molecule has 4 aromatic rings. The zero-order valence-electron chi connectivity index (χ0n) is 24.9. The van der Waals surface area contributed by atoms with Gasteiger partial charge in [0.15, 0.2) is 0 Å². The number of benzene rings is 3. The van der Waals surface area contributed by atoms with Gasteiger partial charge in [0.25, 0.3) is 21.5 Å². The maximum atomic E-state index is 14.6. The topological polar surface area (TPSA) is 137 Å². The van der Waals surface area contributed by atoms with E-state index in [2.05, 4.69) is 0 Å². The number of fused-ring (bicyclic) bond motifs is 1. The summed E-state index contributed by atoms with van der Waals surface area (Å²) in [6, 6.07) is 18.8. The molecule has 1 fully saturated rings. The number of aromatic carboxylic acids is 1. The average Bonchev–Trinajstić information content (AvgIpc) is 3.42. The summed E-state index contributed by atoms with van der Waals surface area (Å²) in [5, 5.41) is 10.4. The minimum atomic E-state index is -4.53. The predicted molar refractivity (Wildman–Crippen MR) is 176 cm³/mol. The molecule has 0 unspecified atom stereocenters. The highest BCUT2D eigenvalue weighted by atomic mass is 35.5. The molecule has 6 rings (SSSR count). The van der Waals surface area contributed by atoms with Crippen LogP contribution >= 0.6 is 23.2 Å². The van der Waals surface area contributed by atoms with Crippen molar-refractivity contribution < 1.29 is 27.9 Å². The number of rotatable bonds is 6. The van der Waals surface area contributed by atoms with E-state index in [1.54, 1.807) is 53.4 Å². The Morgan fingerprint density at radius 3 is 1.87 bits per heavy atom. The Hall–Kier alpha value is -4.65. The molecule has 1 saturated heterocycles. The smallest absolute Gasteiger partial charge is 0.335 e. The van der Waals surface area contributed by atoms with Crippen molar-refractivity contribution in [3.05, 3.63) is 128 Å². The average molecular weight is 696 g/mol. The zero-order valence-corrected chi connectivity index (χ0v) is 27.2. The number of anilines is 1. The fourth-order valence-corrected chi connectivity index (χ4v) is 8.04. The second-order valence-electron chi connectivity index (χ2n) is 11.2. The van der Waals surface area contributed by atoms with Crippen molar-refractivity contribution in [2.75, 3.05) is 30.5 Å². The molecular formula is C33H28Cl2N4O7S. The van der Waals surface area contributed by atoms with Crippen molar-refractivity contribution in [3.63, 3.8) is 0 Å². The third-order valence-electron chi connectivity index (χ3n) is 8.45. The first-order chi connectivity index (χ1) is 22.4. The van der Waals surface area contributed by atoms with E-state index in [0.717, 1.165) is 10.4 Å². The van der Waals surface area contributed by atoms with Crippen LogP contribution < -0.4 is 9.86 Å². The number of carboxylic acids is 1. The lowest BCUT2D eigenvalue weighted by Crippen LogP contribution is -2.51. The molecule has 2 amide bonds. The van der Waals surface area contributed by atoms with Gasteiger partial charge in [0.05, 0.1) is 22.5 Å². The number of halogens is 2. The summed E-state index contributed by atoms with van der Waals surface area (Å²) >= 11 is 12.4. The number of carbonyl (C=O) groups excluding carboxylic acids is 2. The molecule has 0 aliphatic carbocycles. The molecule has 47 heavy (non-hydrogen) atoms. The van der Waals surface area contributed by atoms with Gasteiger partial charge in [-0.1, -0.05) is 53.5 Å². The predicted octanol–water partition coefficient (Wildman–Crippen LogP) is 4.70. The van der Waals surface area contributed by atoms with Gasteiger partial charge in [0.1, 0.15) is 11.4 Å². The van der Waals surface area contributed by atoms with Gasteiger partial charge >= 0.3 is 5.97 Å². The minimum absolute atomic E-state index is 0.0198. The zero-order chi connectivity index (χ0) is 33.6. The summed E-state index contributed by atoms with van der Waals surface area (Å²) in [5.74, 6) is -1.97. The lowest BCUT2D eigenvalue weighted by atomic mass is 9.94. The second kappa shape index (κ2) is 12.5. The van der Waals surface area contributed by atoms with Crippen LogP contribution in [0.4, 0.5) is 5.82 Å². The van der Waals surface area contributed by atoms with Crippen LogP contribution in [0.5, 0.6) is 0 Å². The standard InChI is InChI=1S/C33H28Cl2N4O7S/c1-20(40)36-15-17-37(18-16-36)31(41)27-13-14-28-38(32(27)42)29(21-5-9-24(34)10-6-21)30(22-7-11-25(35)12-8-22)39(28)47(45,46)26-4-2-3-23(19-26)33(43)44/h2-14,19,29-30H,15-18H2,1H3,(H,43,44)/t29-,30+/m0/s1. The van der Waals surface area contributed by atoms with Gasteiger partial charge in [-0.25, -0.2) is 17.5 Å². The summed E-state index contributed by atoms with van der Waals surface area (Å²) in [6.07, 6.45) is 0. The lowest BCUT2D eigenvalue weighted by molar-refractivity contribution is -0.130. The van der Waals surface area contributed by atoms with E-state index in [1.165, 1.54) is 46.7 Å². The van der Waals surface area contributed by atoms with Gasteiger partial charge < -0.3 is 14.9 Å². The van der Waals surface area contributed by atoms with Crippen LogP contribution in [0.3, 0.4) is 0 Å². The molecule has 11 nitrogen and oxygen atoms in total. The fraction of sp³-hybridized carbons (Fsp3) is 0.212. The molecule has 1 aromatic heterocycles. The van der Waals surface area contributed by atoms with Gasteiger partial charge in [0.2, 0.25) is 5.91 Å². The maximum absolute atomic E-state index is 14.6. The largest absolute Gasteiger partial charge is 0.478 e. The number of sulfonamides is 1. The number of piperazine rings is 1. The van der Waals surface area contributed by atoms with Crippen molar-refractivity contribution in [1.29, 1.82) is 0 Å². The van der Waals surface area contributed by atoms with E-state index in [1.807, 2.05) is 0 Å². The molecule has 3 aromatic carbocycles. The molecular weight excluding hydrogens is 667 g/mol. The Morgan fingerprint density at radius 1 is 0.766 bits per heavy atom. The van der Waals surface area contributed by atoms with Gasteiger partial charge in [0, 0.05) is 43.1 Å². The number of pyridine rings is 1. The number of amides is 2. The van der Waals surface area contributed by atoms with Crippen molar-refractivity contribution in [2.24, 2.45) is 0 Å². The van der Waals surface area contributed by atoms with Crippen molar-refractivity contribution in [3.8, 4) is 0 Å². The molecule has 0 spiro atoms. The van der Waals surface area contributed by atoms with E-state index < -0.39 is 39.5 Å². The van der Waals surface area contributed by atoms with Crippen molar-refractivity contribution >= 4 is 56.8 Å². The summed E-state index contributed by atoms with van der Waals surface area (Å²) in [7, 11) is -4.53. The van der Waals surface area contributed by atoms with E-state index >= 15 is 0 Å². The van der Waals surface area contributed by atoms with Crippen molar-refractivity contribution in [2.45, 2.75) is 23.9 Å². The Morgan fingerprint density at radius 2 is 1.32 bits per heavy atom. The molecule has 0 bridgehead atoms. The van der Waals surface area contributed by atoms with Gasteiger partial charge in [-0.05, 0) is 65.7 Å². The normalized spacial score (nSPS) is 17.8. The molecule has 242 valence electrons. The first-order valence-electron chi connectivity index (χ1n) is 14.6. The Kier molecular flexibility index (Phi) is 8.60. The number of hydrogen-bond donors (Lipinski definition) is 1. The van der Waals surface area contributed by atoms with E-state index in [4.69, 9.17) is 23.2 Å². The lowest BCUT2D eigenvalue weighted by Gasteiger charge is -2.34. The summed E-state index contributed by atoms with van der Waals surface area (Å²) in [4.78, 5) is 54.6. The highest BCUT2D eigenvalue weighted by molar-refractivity contribution is 7.92. The molecule has 0 saturated carbocycles. The highest BCUT2D eigenvalue weighted by Crippen LogP contribution is 2.49. The van der Waals surface area contributed by atoms with Crippen LogP contribution in [0.25, 0.3) is 0 Å². The van der Waals surface area contributed by atoms with Gasteiger partial charge in [-0.2, -0.15) is 0 Å². The molecule has 1 N–H and O–H groups in total. The third-order valence-corrected chi connectivity index (χ3v) is 10.7. The Labute approximate surface area is 280 Å². The first-order valence-corrected chi connectivity index (χ1v) is 16.8. The van der Waals surface area contributed by atoms with Crippen LogP contribution in [0, 0.1) is 0 Å². The van der Waals surface area contributed by atoms with E-state index in [0.29, 0.717) is 34.3 Å². The maximum Gasteiger partial charge on any atom is 0.335 e. The number of aromatic nitrogens is 1. The molecule has 0 radical (unpaired) electrons. The highest BCUT2D eigenvalue weighted by Gasteiger charge is 2.48. The van der Waals surface area contributed by atoms with Crippen LogP contribution in [0.1, 0.15) is 50.9 Å². The fourth-order valence-electron chi connectivity index (χ4n) is 6.11. The Bertz CT molecular complexity index is 2060. The minimum Gasteiger partial charge on any atom is -0.478 e. The summed E-state index contributed by atoms with van der Waals surface area (Å²) in [6.45, 7) is 2.56. The van der Waals surface area contributed by atoms with Crippen LogP contribution in [-0.2, 0) is 14.8 Å². The van der Waals surface area contributed by atoms with Crippen LogP contribution in [0.2, 0.25) is 10.0 Å². The van der Waals surface area contributed by atoms with Crippen molar-refractivity contribution in [1.82, 2.24) is 14.4 Å². The molecule has 2 atom stereocenters. The van der Waals surface area contributed by atoms with E-state index in [9.17, 15) is 32.7 Å². The molecule has 3 heterocycles. The second-order valence-corrected chi connectivity index (χ2v) is 13.9. The van der Waals surface area contributed by atoms with Crippen LogP contribution in [0.15, 0.2) is 94.6 Å². The number of nitrogens with zero attached hydrogens (tertiary/aromatic N) is 4. The van der Waals surface area contributed by atoms with Crippen LogP contribution in [-0.4, -0.2) is 71.9 Å². The SMILES string of the molecule is CC(=O)N1CCN(C(=O)c2ccc3n(c2=O)[C@@H](c2ccc(Cl)cc2)[C@@H](c2ccc(Cl)cc2)N3S(=O)(=O)c2cccc(C(=O)O)c2)CC1. The van der Waals surface area contributed by atoms with E-state index in [-0.39, 0.29) is 40.8 Å². The number of carbonyl (C=O) groups is 3. The molecule has 14 heteroatoms. The number of carboxylic acid groups (broad SMARTS) is 1. The molecule has 2 aliphatic heterocycles. The number of hydrogen-bond acceptors (Lipinski definition) is 6. The molecule has 2 aliphatic rings. The summed E-state index contributed by atoms with van der Waals surface area (Å²) < 4.78 is 31.5. The quantitative estimate of drug-likeness (QED) is 0.309. The summed E-state index contributed by atoms with van der Waals surface area (Å²) in [5.41, 5.74) is -0.0767. The Balaban J connectivity index is 1.57. The van der Waals surface area contributed by atoms with Gasteiger partial charge in [-0.3, -0.25) is 19.0 Å². The first kappa shape index (κ1) is 32.3. The monoisotopic (exact) mass is 694 g/mol.